The maximum Gasteiger partial charge on any atom is 0.231 e. The Balaban J connectivity index is 2.00. The van der Waals surface area contributed by atoms with Crippen molar-refractivity contribution in [1.82, 2.24) is 5.16 Å². The van der Waals surface area contributed by atoms with Gasteiger partial charge in [0, 0.05) is 11.6 Å². The molecule has 2 heterocycles. The molecule has 0 amide bonds. The number of aromatic nitrogens is 1. The lowest BCUT2D eigenvalue weighted by molar-refractivity contribution is 0.174. The van der Waals surface area contributed by atoms with Gasteiger partial charge in [-0.2, -0.15) is 0 Å². The predicted octanol–water partition coefficient (Wildman–Crippen LogP) is 2.97. The van der Waals surface area contributed by atoms with E-state index in [0.29, 0.717) is 5.33 Å². The molecule has 1 aliphatic heterocycles. The molecule has 16 heavy (non-hydrogen) atoms. The number of ether oxygens (including phenoxy) is 2. The number of benzene rings is 1. The van der Waals surface area contributed by atoms with Gasteiger partial charge in [0.1, 0.15) is 11.5 Å². The van der Waals surface area contributed by atoms with Crippen molar-refractivity contribution < 1.29 is 14.0 Å². The normalized spacial score (nSPS) is 13.1. The van der Waals surface area contributed by atoms with Crippen LogP contribution in [0.4, 0.5) is 0 Å². The van der Waals surface area contributed by atoms with Crippen LogP contribution in [-0.4, -0.2) is 11.9 Å². The van der Waals surface area contributed by atoms with Crippen molar-refractivity contribution in [2.24, 2.45) is 0 Å². The SMILES string of the molecule is BrCc1cc(-c2ccc3c(c2)OCO3)no1. The van der Waals surface area contributed by atoms with E-state index in [4.69, 9.17) is 14.0 Å². The molecule has 0 N–H and O–H groups in total. The number of hydrogen-bond donors (Lipinski definition) is 0. The molecule has 0 bridgehead atoms. The van der Waals surface area contributed by atoms with Crippen molar-refractivity contribution in [3.05, 3.63) is 30.0 Å². The summed E-state index contributed by atoms with van der Waals surface area (Å²) in [7, 11) is 0. The standard InChI is InChI=1S/C11H8BrNO3/c12-5-8-4-9(13-16-8)7-1-2-10-11(3-7)15-6-14-10/h1-4H,5-6H2. The number of nitrogens with zero attached hydrogens (tertiary/aromatic N) is 1. The number of alkyl halides is 1. The third-order valence-corrected chi connectivity index (χ3v) is 2.91. The molecule has 0 aliphatic carbocycles. The number of hydrogen-bond acceptors (Lipinski definition) is 4. The van der Waals surface area contributed by atoms with E-state index >= 15 is 0 Å². The van der Waals surface area contributed by atoms with E-state index in [1.165, 1.54) is 0 Å². The first kappa shape index (κ1) is 9.72. The highest BCUT2D eigenvalue weighted by Gasteiger charge is 2.15. The fourth-order valence-electron chi connectivity index (χ4n) is 1.57. The van der Waals surface area contributed by atoms with Gasteiger partial charge in [-0.25, -0.2) is 0 Å². The Morgan fingerprint density at radius 1 is 1.19 bits per heavy atom. The van der Waals surface area contributed by atoms with Crippen LogP contribution in [0.3, 0.4) is 0 Å². The quantitative estimate of drug-likeness (QED) is 0.794. The smallest absolute Gasteiger partial charge is 0.231 e. The molecule has 1 aromatic carbocycles. The van der Waals surface area contributed by atoms with Crippen LogP contribution in [-0.2, 0) is 5.33 Å². The van der Waals surface area contributed by atoms with Gasteiger partial charge in [-0.05, 0) is 18.2 Å². The molecule has 0 saturated heterocycles. The molecule has 0 fully saturated rings. The van der Waals surface area contributed by atoms with Crippen molar-refractivity contribution in [2.75, 3.05) is 6.79 Å². The Kier molecular flexibility index (Phi) is 2.32. The number of rotatable bonds is 2. The van der Waals surface area contributed by atoms with Crippen LogP contribution < -0.4 is 9.47 Å². The Labute approximate surface area is 100 Å². The van der Waals surface area contributed by atoms with Gasteiger partial charge in [0.15, 0.2) is 11.5 Å². The van der Waals surface area contributed by atoms with E-state index in [0.717, 1.165) is 28.5 Å². The molecule has 0 radical (unpaired) electrons. The van der Waals surface area contributed by atoms with Crippen LogP contribution in [0, 0.1) is 0 Å². The van der Waals surface area contributed by atoms with Crippen LogP contribution >= 0.6 is 15.9 Å². The number of halogens is 1. The monoisotopic (exact) mass is 281 g/mol. The van der Waals surface area contributed by atoms with E-state index in [1.807, 2.05) is 24.3 Å². The lowest BCUT2D eigenvalue weighted by Crippen LogP contribution is -1.92. The Hall–Kier alpha value is -1.49. The lowest BCUT2D eigenvalue weighted by atomic mass is 10.1. The maximum absolute atomic E-state index is 5.30. The Morgan fingerprint density at radius 3 is 2.88 bits per heavy atom. The molecule has 2 aromatic rings. The second-order valence-electron chi connectivity index (χ2n) is 3.38. The zero-order chi connectivity index (χ0) is 11.0. The third kappa shape index (κ3) is 1.57. The summed E-state index contributed by atoms with van der Waals surface area (Å²) >= 11 is 3.31. The molecule has 0 atom stereocenters. The van der Waals surface area contributed by atoms with Crippen LogP contribution in [0.2, 0.25) is 0 Å². The lowest BCUT2D eigenvalue weighted by Gasteiger charge is -1.98. The van der Waals surface area contributed by atoms with Gasteiger partial charge >= 0.3 is 0 Å². The molecule has 82 valence electrons. The summed E-state index contributed by atoms with van der Waals surface area (Å²) in [6.45, 7) is 0.282. The first-order valence-electron chi connectivity index (χ1n) is 4.78. The molecule has 0 spiro atoms. The molecular weight excluding hydrogens is 274 g/mol. The molecule has 1 aliphatic rings. The summed E-state index contributed by atoms with van der Waals surface area (Å²) < 4.78 is 15.7. The van der Waals surface area contributed by atoms with E-state index in [-0.39, 0.29) is 6.79 Å². The van der Waals surface area contributed by atoms with Crippen LogP contribution in [0.15, 0.2) is 28.8 Å². The second-order valence-corrected chi connectivity index (χ2v) is 3.94. The molecule has 5 heteroatoms. The zero-order valence-corrected chi connectivity index (χ0v) is 9.86. The average Bonchev–Trinajstić information content (AvgIpc) is 2.96. The van der Waals surface area contributed by atoms with Gasteiger partial charge in [-0.3, -0.25) is 0 Å². The number of fused-ring (bicyclic) bond motifs is 1. The average molecular weight is 282 g/mol. The Morgan fingerprint density at radius 2 is 2.06 bits per heavy atom. The Bertz CT molecular complexity index is 524. The summed E-state index contributed by atoms with van der Waals surface area (Å²) in [5, 5.41) is 4.64. The highest BCUT2D eigenvalue weighted by atomic mass is 79.9. The van der Waals surface area contributed by atoms with Gasteiger partial charge in [-0.15, -0.1) is 0 Å². The van der Waals surface area contributed by atoms with Crippen molar-refractivity contribution in [3.63, 3.8) is 0 Å². The minimum absolute atomic E-state index is 0.282. The second kappa shape index (κ2) is 3.83. The van der Waals surface area contributed by atoms with Gasteiger partial charge in [0.05, 0.1) is 5.33 Å². The largest absolute Gasteiger partial charge is 0.454 e. The van der Waals surface area contributed by atoms with E-state index in [1.54, 1.807) is 0 Å². The highest BCUT2D eigenvalue weighted by Crippen LogP contribution is 2.35. The van der Waals surface area contributed by atoms with Gasteiger partial charge in [0.2, 0.25) is 6.79 Å². The minimum atomic E-state index is 0.282. The molecule has 0 unspecified atom stereocenters. The van der Waals surface area contributed by atoms with Crippen LogP contribution in [0.5, 0.6) is 11.5 Å². The predicted molar refractivity (Wildman–Crippen MR) is 60.7 cm³/mol. The van der Waals surface area contributed by atoms with E-state index in [9.17, 15) is 0 Å². The first-order valence-corrected chi connectivity index (χ1v) is 5.90. The van der Waals surface area contributed by atoms with Crippen molar-refractivity contribution in [1.29, 1.82) is 0 Å². The van der Waals surface area contributed by atoms with Crippen molar-refractivity contribution in [2.45, 2.75) is 5.33 Å². The van der Waals surface area contributed by atoms with E-state index < -0.39 is 0 Å². The molecule has 3 rings (SSSR count). The summed E-state index contributed by atoms with van der Waals surface area (Å²) in [6.07, 6.45) is 0. The summed E-state index contributed by atoms with van der Waals surface area (Å²) in [4.78, 5) is 0. The van der Waals surface area contributed by atoms with Crippen LogP contribution in [0.1, 0.15) is 5.76 Å². The molecule has 1 aromatic heterocycles. The zero-order valence-electron chi connectivity index (χ0n) is 8.27. The molecular formula is C11H8BrNO3. The van der Waals surface area contributed by atoms with Crippen molar-refractivity contribution >= 4 is 15.9 Å². The van der Waals surface area contributed by atoms with Crippen LogP contribution in [0.25, 0.3) is 11.3 Å². The summed E-state index contributed by atoms with van der Waals surface area (Å²) in [5.74, 6) is 2.32. The molecule has 4 nitrogen and oxygen atoms in total. The van der Waals surface area contributed by atoms with Gasteiger partial charge in [0.25, 0.3) is 0 Å². The minimum Gasteiger partial charge on any atom is -0.454 e. The highest BCUT2D eigenvalue weighted by molar-refractivity contribution is 9.08. The fraction of sp³-hybridized carbons (Fsp3) is 0.182. The fourth-order valence-corrected chi connectivity index (χ4v) is 1.83. The first-order chi connectivity index (χ1) is 7.86. The third-order valence-electron chi connectivity index (χ3n) is 2.36. The van der Waals surface area contributed by atoms with Crippen molar-refractivity contribution in [3.8, 4) is 22.8 Å². The maximum atomic E-state index is 5.30. The van der Waals surface area contributed by atoms with E-state index in [2.05, 4.69) is 21.1 Å². The van der Waals surface area contributed by atoms with Gasteiger partial charge < -0.3 is 14.0 Å². The van der Waals surface area contributed by atoms with Gasteiger partial charge in [-0.1, -0.05) is 21.1 Å². The topological polar surface area (TPSA) is 44.5 Å². The summed E-state index contributed by atoms with van der Waals surface area (Å²) in [6, 6.07) is 7.61. The molecule has 0 saturated carbocycles. The summed E-state index contributed by atoms with van der Waals surface area (Å²) in [5.41, 5.74) is 1.76.